The van der Waals surface area contributed by atoms with Gasteiger partial charge in [0.1, 0.15) is 17.4 Å². The van der Waals surface area contributed by atoms with Crippen LogP contribution in [0.5, 0.6) is 5.75 Å². The van der Waals surface area contributed by atoms with Crippen LogP contribution in [-0.2, 0) is 4.79 Å². The first-order chi connectivity index (χ1) is 13.9. The van der Waals surface area contributed by atoms with Crippen LogP contribution < -0.4 is 4.74 Å². The van der Waals surface area contributed by atoms with Gasteiger partial charge in [0, 0.05) is 17.7 Å². The van der Waals surface area contributed by atoms with Crippen LogP contribution in [0.15, 0.2) is 12.1 Å². The molecule has 4 atom stereocenters. The van der Waals surface area contributed by atoms with Crippen LogP contribution >= 0.6 is 0 Å². The van der Waals surface area contributed by atoms with Crippen LogP contribution in [0.1, 0.15) is 76.7 Å². The summed E-state index contributed by atoms with van der Waals surface area (Å²) in [6.45, 7) is 3.78. The molecule has 29 heavy (non-hydrogen) atoms. The van der Waals surface area contributed by atoms with Gasteiger partial charge in [-0.25, -0.2) is 8.78 Å². The standard InChI is InChI=1S/C25H34F2O2/c1-15-3-4-21-12-20(10-9-19(21)11-15)17-5-7-18(8-6-17)25(28)29-22-13-23(26)16(2)24(27)14-22/h13-15,17-21H,3-12H2,1-2H3. The maximum absolute atomic E-state index is 13.7. The molecule has 160 valence electrons. The Hall–Kier alpha value is -1.45. The lowest BCUT2D eigenvalue weighted by Crippen LogP contribution is -2.35. The number of carbonyl (C=O) groups is 1. The van der Waals surface area contributed by atoms with Gasteiger partial charge in [-0.1, -0.05) is 13.3 Å². The largest absolute Gasteiger partial charge is 0.426 e. The maximum Gasteiger partial charge on any atom is 0.314 e. The minimum absolute atomic E-state index is 0.0254. The van der Waals surface area contributed by atoms with E-state index in [1.54, 1.807) is 0 Å². The average molecular weight is 405 g/mol. The quantitative estimate of drug-likeness (QED) is 0.407. The fourth-order valence-electron chi connectivity index (χ4n) is 6.30. The lowest BCUT2D eigenvalue weighted by Gasteiger charge is -2.44. The normalized spacial score (nSPS) is 35.0. The van der Waals surface area contributed by atoms with Gasteiger partial charge in [-0.05, 0) is 94.3 Å². The zero-order valence-electron chi connectivity index (χ0n) is 17.8. The summed E-state index contributed by atoms with van der Waals surface area (Å²) in [6.07, 6.45) is 12.2. The molecule has 0 saturated heterocycles. The summed E-state index contributed by atoms with van der Waals surface area (Å²) in [4.78, 5) is 12.5. The van der Waals surface area contributed by atoms with Crippen molar-refractivity contribution in [3.05, 3.63) is 29.3 Å². The molecule has 0 bridgehead atoms. The molecule has 0 aromatic heterocycles. The van der Waals surface area contributed by atoms with Crippen LogP contribution in [0.25, 0.3) is 0 Å². The van der Waals surface area contributed by atoms with E-state index in [9.17, 15) is 13.6 Å². The summed E-state index contributed by atoms with van der Waals surface area (Å²) in [6, 6.07) is 2.21. The molecule has 3 saturated carbocycles. The zero-order valence-corrected chi connectivity index (χ0v) is 17.8. The van der Waals surface area contributed by atoms with Gasteiger partial charge >= 0.3 is 5.97 Å². The van der Waals surface area contributed by atoms with Crippen LogP contribution in [0.2, 0.25) is 0 Å². The van der Waals surface area contributed by atoms with E-state index in [1.807, 2.05) is 0 Å². The highest BCUT2D eigenvalue weighted by atomic mass is 19.1. The van der Waals surface area contributed by atoms with E-state index in [2.05, 4.69) is 6.92 Å². The van der Waals surface area contributed by atoms with Gasteiger partial charge in [-0.2, -0.15) is 0 Å². The second-order valence-electron chi connectivity index (χ2n) is 10.1. The van der Waals surface area contributed by atoms with Crippen LogP contribution in [0, 0.1) is 54.1 Å². The van der Waals surface area contributed by atoms with Gasteiger partial charge in [-0.3, -0.25) is 4.79 Å². The SMILES string of the molecule is Cc1c(F)cc(OC(=O)C2CCC(C3CCC4CC(C)CCC4C3)CC2)cc1F. The Kier molecular flexibility index (Phi) is 6.27. The van der Waals surface area contributed by atoms with Crippen molar-refractivity contribution in [3.63, 3.8) is 0 Å². The zero-order chi connectivity index (χ0) is 20.5. The summed E-state index contributed by atoms with van der Waals surface area (Å²) < 4.78 is 32.7. The van der Waals surface area contributed by atoms with Gasteiger partial charge in [0.15, 0.2) is 0 Å². The second-order valence-corrected chi connectivity index (χ2v) is 10.1. The third-order valence-corrected chi connectivity index (χ3v) is 8.16. The van der Waals surface area contributed by atoms with Crippen molar-refractivity contribution in [3.8, 4) is 5.75 Å². The third-order valence-electron chi connectivity index (χ3n) is 8.16. The average Bonchev–Trinajstić information content (AvgIpc) is 2.71. The lowest BCUT2D eigenvalue weighted by atomic mass is 9.61. The number of hydrogen-bond donors (Lipinski definition) is 0. The minimum Gasteiger partial charge on any atom is -0.426 e. The van der Waals surface area contributed by atoms with Crippen molar-refractivity contribution in [2.75, 3.05) is 0 Å². The van der Waals surface area contributed by atoms with Crippen molar-refractivity contribution in [2.45, 2.75) is 78.1 Å². The van der Waals surface area contributed by atoms with Crippen molar-refractivity contribution < 1.29 is 18.3 Å². The van der Waals surface area contributed by atoms with Gasteiger partial charge in [0.25, 0.3) is 0 Å². The third kappa shape index (κ3) is 4.67. The summed E-state index contributed by atoms with van der Waals surface area (Å²) in [5, 5.41) is 0. The minimum atomic E-state index is -0.677. The Labute approximate surface area is 173 Å². The highest BCUT2D eigenvalue weighted by molar-refractivity contribution is 5.75. The molecule has 3 fully saturated rings. The van der Waals surface area contributed by atoms with Crippen molar-refractivity contribution in [1.29, 1.82) is 0 Å². The van der Waals surface area contributed by atoms with E-state index in [0.717, 1.165) is 67.4 Å². The van der Waals surface area contributed by atoms with Gasteiger partial charge < -0.3 is 4.74 Å². The molecule has 0 heterocycles. The van der Waals surface area contributed by atoms with E-state index in [1.165, 1.54) is 45.4 Å². The molecule has 0 N–H and O–H groups in total. The first-order valence-corrected chi connectivity index (χ1v) is 11.6. The van der Waals surface area contributed by atoms with Crippen LogP contribution in [0.3, 0.4) is 0 Å². The van der Waals surface area contributed by atoms with Crippen LogP contribution in [0.4, 0.5) is 8.78 Å². The van der Waals surface area contributed by atoms with E-state index in [-0.39, 0.29) is 23.2 Å². The molecule has 1 aromatic carbocycles. The Morgan fingerprint density at radius 3 is 2.00 bits per heavy atom. The fourth-order valence-corrected chi connectivity index (χ4v) is 6.30. The highest BCUT2D eigenvalue weighted by Crippen LogP contribution is 2.49. The molecule has 1 aromatic rings. The first kappa shape index (κ1) is 20.8. The summed E-state index contributed by atoms with van der Waals surface area (Å²) in [7, 11) is 0. The molecular weight excluding hydrogens is 370 g/mol. The van der Waals surface area contributed by atoms with E-state index >= 15 is 0 Å². The molecule has 2 nitrogen and oxygen atoms in total. The Balaban J connectivity index is 1.28. The number of hydrogen-bond acceptors (Lipinski definition) is 2. The smallest absolute Gasteiger partial charge is 0.314 e. The predicted octanol–water partition coefficient (Wildman–Crippen LogP) is 6.84. The number of halogens is 2. The molecule has 4 heteroatoms. The lowest BCUT2D eigenvalue weighted by molar-refractivity contribution is -0.140. The number of fused-ring (bicyclic) bond motifs is 1. The van der Waals surface area contributed by atoms with Gasteiger partial charge in [0.05, 0.1) is 5.92 Å². The van der Waals surface area contributed by atoms with E-state index in [4.69, 9.17) is 4.74 Å². The monoisotopic (exact) mass is 404 g/mol. The highest BCUT2D eigenvalue weighted by Gasteiger charge is 2.39. The first-order valence-electron chi connectivity index (χ1n) is 11.6. The Morgan fingerprint density at radius 2 is 1.34 bits per heavy atom. The molecular formula is C25H34F2O2. The Morgan fingerprint density at radius 1 is 0.828 bits per heavy atom. The molecule has 0 amide bonds. The second kappa shape index (κ2) is 8.73. The van der Waals surface area contributed by atoms with E-state index < -0.39 is 11.6 Å². The maximum atomic E-state index is 13.7. The molecule has 3 aliphatic rings. The van der Waals surface area contributed by atoms with Crippen molar-refractivity contribution in [1.82, 2.24) is 0 Å². The number of benzene rings is 1. The summed E-state index contributed by atoms with van der Waals surface area (Å²) in [5.41, 5.74) is -0.0487. The molecule has 4 rings (SSSR count). The Bertz CT molecular complexity index is 715. The molecule has 4 unspecified atom stereocenters. The van der Waals surface area contributed by atoms with Crippen LogP contribution in [-0.4, -0.2) is 5.97 Å². The van der Waals surface area contributed by atoms with Gasteiger partial charge in [0.2, 0.25) is 0 Å². The molecule has 0 spiro atoms. The number of esters is 1. The molecule has 3 aliphatic carbocycles. The summed E-state index contributed by atoms with van der Waals surface area (Å²) >= 11 is 0. The van der Waals surface area contributed by atoms with Gasteiger partial charge in [-0.15, -0.1) is 0 Å². The molecule has 0 aliphatic heterocycles. The number of ether oxygens (including phenoxy) is 1. The van der Waals surface area contributed by atoms with E-state index in [0.29, 0.717) is 0 Å². The van der Waals surface area contributed by atoms with Crippen molar-refractivity contribution >= 4 is 5.97 Å². The number of rotatable bonds is 3. The predicted molar refractivity (Wildman–Crippen MR) is 110 cm³/mol. The van der Waals surface area contributed by atoms with Crippen molar-refractivity contribution in [2.24, 2.45) is 35.5 Å². The molecule has 0 radical (unpaired) electrons. The number of carbonyl (C=O) groups excluding carboxylic acids is 1. The topological polar surface area (TPSA) is 26.3 Å². The fraction of sp³-hybridized carbons (Fsp3) is 0.720. The summed E-state index contributed by atoms with van der Waals surface area (Å²) in [5.74, 6) is 2.48.